The molecule has 0 radical (unpaired) electrons. The zero-order valence-corrected chi connectivity index (χ0v) is 18.5. The van der Waals surface area contributed by atoms with Gasteiger partial charge in [0, 0.05) is 30.5 Å². The van der Waals surface area contributed by atoms with Gasteiger partial charge >= 0.3 is 5.97 Å². The van der Waals surface area contributed by atoms with Gasteiger partial charge in [0.1, 0.15) is 5.69 Å². The highest BCUT2D eigenvalue weighted by Gasteiger charge is 2.25. The van der Waals surface area contributed by atoms with Crippen molar-refractivity contribution in [2.75, 3.05) is 18.0 Å². The molecule has 160 valence electrons. The topological polar surface area (TPSA) is 85.4 Å². The molecule has 0 unspecified atom stereocenters. The summed E-state index contributed by atoms with van der Waals surface area (Å²) in [6.45, 7) is 8.77. The normalized spacial score (nSPS) is 14.6. The predicted molar refractivity (Wildman–Crippen MR) is 120 cm³/mol. The lowest BCUT2D eigenvalue weighted by Crippen LogP contribution is -2.45. The highest BCUT2D eigenvalue weighted by molar-refractivity contribution is 6.44. The summed E-state index contributed by atoms with van der Waals surface area (Å²) in [5, 5.41) is 13.2. The maximum Gasteiger partial charge on any atom is 0.336 e. The molecule has 6 nitrogen and oxygen atoms in total. The first-order chi connectivity index (χ1) is 14.2. The number of nitrogens with zero attached hydrogens (tertiary/aromatic N) is 1. The van der Waals surface area contributed by atoms with Crippen molar-refractivity contribution < 1.29 is 14.7 Å². The summed E-state index contributed by atoms with van der Waals surface area (Å²) in [4.78, 5) is 29.3. The molecule has 1 aromatic carbocycles. The number of hydrogen-bond acceptors (Lipinski definition) is 3. The second-order valence-corrected chi connectivity index (χ2v) is 8.32. The molecule has 0 spiro atoms. The number of aromatic carboxylic acids is 1. The van der Waals surface area contributed by atoms with E-state index in [1.54, 1.807) is 19.1 Å². The largest absolute Gasteiger partial charge is 0.478 e. The van der Waals surface area contributed by atoms with Crippen LogP contribution in [0.15, 0.2) is 24.8 Å². The Hall–Kier alpha value is -2.44. The van der Waals surface area contributed by atoms with Gasteiger partial charge in [0.25, 0.3) is 5.91 Å². The monoisotopic (exact) mass is 449 g/mol. The number of carbonyl (C=O) groups is 2. The minimum absolute atomic E-state index is 0.00392. The number of allylic oxidation sites excluding steroid dienone is 1. The molecule has 0 saturated carbocycles. The molecule has 1 aliphatic heterocycles. The first-order valence-electron chi connectivity index (χ1n) is 9.80. The number of rotatable bonds is 6. The Bertz CT molecular complexity index is 992. The van der Waals surface area contributed by atoms with Crippen LogP contribution in [0.3, 0.4) is 0 Å². The first kappa shape index (κ1) is 22.2. The van der Waals surface area contributed by atoms with Crippen molar-refractivity contribution in [1.29, 1.82) is 0 Å². The van der Waals surface area contributed by atoms with E-state index in [0.29, 0.717) is 35.8 Å². The lowest BCUT2D eigenvalue weighted by Gasteiger charge is -2.34. The van der Waals surface area contributed by atoms with E-state index in [1.165, 1.54) is 0 Å². The summed E-state index contributed by atoms with van der Waals surface area (Å²) in [5.74, 6) is -1.20. The molecule has 3 rings (SSSR count). The molecule has 1 saturated heterocycles. The lowest BCUT2D eigenvalue weighted by atomic mass is 9.97. The number of aromatic amines is 1. The summed E-state index contributed by atoms with van der Waals surface area (Å²) in [5.41, 5.74) is 3.86. The second-order valence-electron chi connectivity index (χ2n) is 7.56. The number of amides is 1. The Balaban J connectivity index is 1.69. The van der Waals surface area contributed by atoms with Crippen LogP contribution in [0.1, 0.15) is 50.5 Å². The highest BCUT2D eigenvalue weighted by Crippen LogP contribution is 2.30. The Morgan fingerprint density at radius 2 is 1.93 bits per heavy atom. The van der Waals surface area contributed by atoms with Gasteiger partial charge in [-0.15, -0.1) is 6.58 Å². The van der Waals surface area contributed by atoms with Gasteiger partial charge in [-0.3, -0.25) is 4.79 Å². The molecular formula is C22H25Cl2N3O3. The van der Waals surface area contributed by atoms with Gasteiger partial charge in [-0.25, -0.2) is 4.79 Å². The van der Waals surface area contributed by atoms with E-state index in [2.05, 4.69) is 21.8 Å². The Labute approximate surface area is 185 Å². The average Bonchev–Trinajstić information content (AvgIpc) is 2.97. The third kappa shape index (κ3) is 4.50. The quantitative estimate of drug-likeness (QED) is 0.554. The number of carboxylic acids is 1. The van der Waals surface area contributed by atoms with Crippen molar-refractivity contribution in [3.8, 4) is 0 Å². The zero-order chi connectivity index (χ0) is 22.0. The van der Waals surface area contributed by atoms with E-state index in [1.807, 2.05) is 13.0 Å². The van der Waals surface area contributed by atoms with Gasteiger partial charge in [0.05, 0.1) is 15.6 Å². The van der Waals surface area contributed by atoms with Crippen molar-refractivity contribution in [2.24, 2.45) is 0 Å². The molecule has 1 amide bonds. The van der Waals surface area contributed by atoms with Crippen molar-refractivity contribution in [3.05, 3.63) is 62.9 Å². The van der Waals surface area contributed by atoms with Crippen LogP contribution >= 0.6 is 23.2 Å². The molecule has 0 aliphatic carbocycles. The molecule has 30 heavy (non-hydrogen) atoms. The number of hydrogen-bond donors (Lipinski definition) is 3. The maximum atomic E-state index is 12.6. The van der Waals surface area contributed by atoms with Crippen LogP contribution in [0.4, 0.5) is 5.69 Å². The molecule has 1 fully saturated rings. The molecule has 1 aromatic heterocycles. The van der Waals surface area contributed by atoms with Crippen LogP contribution in [-0.4, -0.2) is 41.1 Å². The number of aryl methyl sites for hydroxylation is 1. The number of carbonyl (C=O) groups excluding carboxylic acids is 1. The summed E-state index contributed by atoms with van der Waals surface area (Å²) in [6, 6.07) is 3.77. The molecule has 3 N–H and O–H groups in total. The number of carboxylic acid groups (broad SMARTS) is 1. The van der Waals surface area contributed by atoms with E-state index in [0.717, 1.165) is 29.7 Å². The van der Waals surface area contributed by atoms with Crippen LogP contribution in [0, 0.1) is 13.8 Å². The van der Waals surface area contributed by atoms with E-state index < -0.39 is 5.97 Å². The van der Waals surface area contributed by atoms with Crippen LogP contribution in [-0.2, 0) is 6.42 Å². The standard InChI is InChI=1S/C22H25Cl2N3O3/c1-4-5-14-10-16(11-17(12(14)2)22(29)30)27-8-6-15(7-9-27)26-21(28)20-19(24)18(23)13(3)25-20/h4,10-11,15,25H,1,5-9H2,2-3H3,(H,26,28)(H,29,30). The second kappa shape index (κ2) is 9.14. The van der Waals surface area contributed by atoms with E-state index >= 15 is 0 Å². The number of benzene rings is 1. The van der Waals surface area contributed by atoms with Gasteiger partial charge in [-0.2, -0.15) is 0 Å². The first-order valence-corrected chi connectivity index (χ1v) is 10.6. The molecule has 2 heterocycles. The van der Waals surface area contributed by atoms with Crippen molar-refractivity contribution in [3.63, 3.8) is 0 Å². The number of piperidine rings is 1. The van der Waals surface area contributed by atoms with Crippen LogP contribution < -0.4 is 10.2 Å². The minimum Gasteiger partial charge on any atom is -0.478 e. The molecule has 1 aliphatic rings. The lowest BCUT2D eigenvalue weighted by molar-refractivity contribution is 0.0695. The number of H-pyrrole nitrogens is 1. The fourth-order valence-corrected chi connectivity index (χ4v) is 4.21. The van der Waals surface area contributed by atoms with E-state index in [9.17, 15) is 14.7 Å². The molecule has 2 aromatic rings. The molecule has 0 atom stereocenters. The third-order valence-electron chi connectivity index (χ3n) is 5.57. The molecule has 8 heteroatoms. The number of nitrogens with one attached hydrogen (secondary N) is 2. The van der Waals surface area contributed by atoms with Crippen LogP contribution in [0.25, 0.3) is 0 Å². The van der Waals surface area contributed by atoms with Crippen molar-refractivity contribution in [2.45, 2.75) is 39.2 Å². The predicted octanol–water partition coefficient (Wildman–Crippen LogP) is 4.76. The Kier molecular flexibility index (Phi) is 6.78. The van der Waals surface area contributed by atoms with Crippen LogP contribution in [0.5, 0.6) is 0 Å². The number of anilines is 1. The van der Waals surface area contributed by atoms with Gasteiger partial charge < -0.3 is 20.3 Å². The van der Waals surface area contributed by atoms with E-state index in [4.69, 9.17) is 23.2 Å². The maximum absolute atomic E-state index is 12.6. The van der Waals surface area contributed by atoms with Crippen LogP contribution in [0.2, 0.25) is 10.0 Å². The summed E-state index contributed by atoms with van der Waals surface area (Å²) < 4.78 is 0. The van der Waals surface area contributed by atoms with Gasteiger partial charge in [0.2, 0.25) is 0 Å². The fraction of sp³-hybridized carbons (Fsp3) is 0.364. The SMILES string of the molecule is C=CCc1cc(N2CCC(NC(=O)c3[nH]c(C)c(Cl)c3Cl)CC2)cc(C(=O)O)c1C. The number of aromatic nitrogens is 1. The van der Waals surface area contributed by atoms with Crippen molar-refractivity contribution in [1.82, 2.24) is 10.3 Å². The zero-order valence-electron chi connectivity index (χ0n) is 17.0. The molecular weight excluding hydrogens is 425 g/mol. The summed E-state index contributed by atoms with van der Waals surface area (Å²) in [6.07, 6.45) is 3.87. The summed E-state index contributed by atoms with van der Waals surface area (Å²) >= 11 is 12.2. The van der Waals surface area contributed by atoms with Gasteiger partial charge in [-0.05, 0) is 56.4 Å². The minimum atomic E-state index is -0.932. The highest BCUT2D eigenvalue weighted by atomic mass is 35.5. The number of halogens is 2. The Morgan fingerprint density at radius 3 is 2.47 bits per heavy atom. The van der Waals surface area contributed by atoms with Gasteiger partial charge in [-0.1, -0.05) is 29.3 Å². The van der Waals surface area contributed by atoms with Crippen molar-refractivity contribution >= 4 is 40.8 Å². The smallest absolute Gasteiger partial charge is 0.336 e. The molecule has 0 bridgehead atoms. The van der Waals surface area contributed by atoms with Gasteiger partial charge in [0.15, 0.2) is 0 Å². The Morgan fingerprint density at radius 1 is 1.27 bits per heavy atom. The fourth-order valence-electron chi connectivity index (χ4n) is 3.80. The third-order valence-corrected chi connectivity index (χ3v) is 6.52. The van der Waals surface area contributed by atoms with E-state index in [-0.39, 0.29) is 22.7 Å². The average molecular weight is 450 g/mol. The summed E-state index contributed by atoms with van der Waals surface area (Å²) in [7, 11) is 0.